The maximum Gasteiger partial charge on any atom is 0.0574 e. The highest BCUT2D eigenvalue weighted by Crippen LogP contribution is 2.20. The summed E-state index contributed by atoms with van der Waals surface area (Å²) < 4.78 is 1.17. The summed E-state index contributed by atoms with van der Waals surface area (Å²) in [5, 5.41) is 5.28. The minimum atomic E-state index is 0.651. The molecule has 1 heterocycles. The van der Waals surface area contributed by atoms with Crippen molar-refractivity contribution in [2.24, 2.45) is 0 Å². The molecule has 82 valence electrons. The molecular formula is C11H15BrN2S. The van der Waals surface area contributed by atoms with Crippen molar-refractivity contribution < 1.29 is 0 Å². The molecule has 0 amide bonds. The number of likely N-dealkylation sites (N-methyl/N-ethyl adjacent to an activating group) is 1. The summed E-state index contributed by atoms with van der Waals surface area (Å²) in [5.74, 6) is 2.56. The van der Waals surface area contributed by atoms with Crippen LogP contribution in [0.2, 0.25) is 0 Å². The molecule has 0 aliphatic heterocycles. The van der Waals surface area contributed by atoms with Gasteiger partial charge in [0.1, 0.15) is 0 Å². The highest BCUT2D eigenvalue weighted by Gasteiger charge is 2.02. The lowest BCUT2D eigenvalue weighted by molar-refractivity contribution is 0.329. The quantitative estimate of drug-likeness (QED) is 0.637. The van der Waals surface area contributed by atoms with E-state index in [9.17, 15) is 0 Å². The minimum absolute atomic E-state index is 0.651. The molecule has 0 spiro atoms. The van der Waals surface area contributed by atoms with Crippen LogP contribution in [-0.4, -0.2) is 31.6 Å². The molecular weight excluding hydrogens is 272 g/mol. The third-order valence-corrected chi connectivity index (χ3v) is 3.63. The Labute approximate surface area is 104 Å². The van der Waals surface area contributed by atoms with Gasteiger partial charge < -0.3 is 10.2 Å². The summed E-state index contributed by atoms with van der Waals surface area (Å²) in [4.78, 5) is 3.66. The van der Waals surface area contributed by atoms with Gasteiger partial charge in [-0.25, -0.2) is 0 Å². The van der Waals surface area contributed by atoms with E-state index in [1.165, 1.54) is 9.35 Å². The van der Waals surface area contributed by atoms with Gasteiger partial charge in [-0.2, -0.15) is 0 Å². The molecule has 0 unspecified atom stereocenters. The lowest BCUT2D eigenvalue weighted by Gasteiger charge is -2.15. The first-order valence-corrected chi connectivity index (χ1v) is 6.45. The number of halogens is 1. The predicted molar refractivity (Wildman–Crippen MR) is 70.1 cm³/mol. The van der Waals surface area contributed by atoms with Crippen molar-refractivity contribution in [3.63, 3.8) is 0 Å². The highest BCUT2D eigenvalue weighted by atomic mass is 79.9. The van der Waals surface area contributed by atoms with Crippen LogP contribution in [0.3, 0.4) is 0 Å². The molecule has 0 saturated carbocycles. The van der Waals surface area contributed by atoms with E-state index in [0.29, 0.717) is 6.54 Å². The molecule has 0 fully saturated rings. The van der Waals surface area contributed by atoms with Crippen LogP contribution in [0.4, 0.5) is 0 Å². The Morgan fingerprint density at radius 3 is 3.07 bits per heavy atom. The van der Waals surface area contributed by atoms with Gasteiger partial charge >= 0.3 is 0 Å². The number of nitrogens with one attached hydrogen (secondary N) is 1. The Kier molecular flexibility index (Phi) is 5.96. The zero-order chi connectivity index (χ0) is 11.1. The van der Waals surface area contributed by atoms with Crippen molar-refractivity contribution in [2.45, 2.75) is 6.54 Å². The van der Waals surface area contributed by atoms with Crippen LogP contribution < -0.4 is 5.32 Å². The number of hydrogen-bond donors (Lipinski definition) is 1. The van der Waals surface area contributed by atoms with E-state index in [1.54, 1.807) is 11.3 Å². The van der Waals surface area contributed by atoms with Crippen LogP contribution >= 0.6 is 27.3 Å². The maximum atomic E-state index is 5.14. The van der Waals surface area contributed by atoms with E-state index in [4.69, 9.17) is 6.42 Å². The highest BCUT2D eigenvalue weighted by molar-refractivity contribution is 9.10. The molecule has 1 rings (SSSR count). The van der Waals surface area contributed by atoms with E-state index >= 15 is 0 Å². The number of terminal acetylenes is 1. The largest absolute Gasteiger partial charge is 0.305 e. The molecule has 1 aromatic heterocycles. The molecule has 2 nitrogen and oxygen atoms in total. The molecule has 0 aliphatic carbocycles. The fraction of sp³-hybridized carbons (Fsp3) is 0.455. The van der Waals surface area contributed by atoms with E-state index in [-0.39, 0.29) is 0 Å². The van der Waals surface area contributed by atoms with Crippen molar-refractivity contribution in [1.82, 2.24) is 10.2 Å². The van der Waals surface area contributed by atoms with E-state index in [1.807, 2.05) is 0 Å². The molecule has 15 heavy (non-hydrogen) atoms. The van der Waals surface area contributed by atoms with Crippen LogP contribution in [0.25, 0.3) is 0 Å². The van der Waals surface area contributed by atoms with Gasteiger partial charge in [-0.1, -0.05) is 5.92 Å². The van der Waals surface area contributed by atoms with E-state index < -0.39 is 0 Å². The SMILES string of the molecule is C#CCNCCN(C)Cc1cc(Br)cs1. The fourth-order valence-corrected chi connectivity index (χ4v) is 2.74. The first kappa shape index (κ1) is 12.7. The molecule has 1 aromatic rings. The molecule has 0 atom stereocenters. The smallest absolute Gasteiger partial charge is 0.0574 e. The molecule has 0 aliphatic rings. The summed E-state index contributed by atoms with van der Waals surface area (Å²) in [6.07, 6.45) is 5.14. The maximum absolute atomic E-state index is 5.14. The van der Waals surface area contributed by atoms with Crippen LogP contribution in [-0.2, 0) is 6.54 Å². The van der Waals surface area contributed by atoms with Crippen LogP contribution in [0.1, 0.15) is 4.88 Å². The summed E-state index contributed by atoms with van der Waals surface area (Å²) in [6, 6.07) is 2.16. The predicted octanol–water partition coefficient (Wildman–Crippen LogP) is 2.17. The second kappa shape index (κ2) is 7.02. The molecule has 0 aromatic carbocycles. The van der Waals surface area contributed by atoms with E-state index in [0.717, 1.165) is 19.6 Å². The number of thiophene rings is 1. The van der Waals surface area contributed by atoms with Gasteiger partial charge in [0.2, 0.25) is 0 Å². The van der Waals surface area contributed by atoms with Crippen molar-refractivity contribution >= 4 is 27.3 Å². The first-order chi connectivity index (χ1) is 7.22. The van der Waals surface area contributed by atoms with Gasteiger partial charge in [0.25, 0.3) is 0 Å². The van der Waals surface area contributed by atoms with Crippen LogP contribution in [0.5, 0.6) is 0 Å². The normalized spacial score (nSPS) is 10.5. The third kappa shape index (κ3) is 5.33. The molecule has 1 N–H and O–H groups in total. The van der Waals surface area contributed by atoms with Crippen LogP contribution in [0, 0.1) is 12.3 Å². The monoisotopic (exact) mass is 286 g/mol. The Morgan fingerprint density at radius 1 is 1.67 bits per heavy atom. The van der Waals surface area contributed by atoms with Gasteiger partial charge in [-0.15, -0.1) is 17.8 Å². The average Bonchev–Trinajstić information content (AvgIpc) is 2.59. The van der Waals surface area contributed by atoms with Crippen LogP contribution in [0.15, 0.2) is 15.9 Å². The zero-order valence-corrected chi connectivity index (χ0v) is 11.2. The van der Waals surface area contributed by atoms with Gasteiger partial charge in [0.05, 0.1) is 6.54 Å². The molecule has 0 radical (unpaired) electrons. The molecule has 0 saturated heterocycles. The summed E-state index contributed by atoms with van der Waals surface area (Å²) in [6.45, 7) is 3.59. The number of hydrogen-bond acceptors (Lipinski definition) is 3. The third-order valence-electron chi connectivity index (χ3n) is 1.94. The Morgan fingerprint density at radius 2 is 2.47 bits per heavy atom. The van der Waals surface area contributed by atoms with Crippen molar-refractivity contribution in [3.8, 4) is 12.3 Å². The van der Waals surface area contributed by atoms with Gasteiger partial charge in [-0.3, -0.25) is 0 Å². The summed E-state index contributed by atoms with van der Waals surface area (Å²) >= 11 is 5.23. The van der Waals surface area contributed by atoms with Gasteiger partial charge in [0, 0.05) is 34.4 Å². The average molecular weight is 287 g/mol. The Hall–Kier alpha value is -0.340. The summed E-state index contributed by atoms with van der Waals surface area (Å²) in [7, 11) is 2.12. The second-order valence-corrected chi connectivity index (χ2v) is 5.26. The number of rotatable bonds is 6. The van der Waals surface area contributed by atoms with Crippen molar-refractivity contribution in [1.29, 1.82) is 0 Å². The molecule has 4 heteroatoms. The standard InChI is InChI=1S/C11H15BrN2S/c1-3-4-13-5-6-14(2)8-11-7-10(12)9-15-11/h1,7,9,13H,4-6,8H2,2H3. The first-order valence-electron chi connectivity index (χ1n) is 4.78. The lowest BCUT2D eigenvalue weighted by atomic mass is 10.4. The second-order valence-electron chi connectivity index (χ2n) is 3.35. The lowest BCUT2D eigenvalue weighted by Crippen LogP contribution is -2.28. The topological polar surface area (TPSA) is 15.3 Å². The minimum Gasteiger partial charge on any atom is -0.305 e. The van der Waals surface area contributed by atoms with E-state index in [2.05, 4.69) is 50.6 Å². The summed E-state index contributed by atoms with van der Waals surface area (Å²) in [5.41, 5.74) is 0. The Balaban J connectivity index is 2.19. The van der Waals surface area contributed by atoms with Crippen molar-refractivity contribution in [3.05, 3.63) is 20.8 Å². The van der Waals surface area contributed by atoms with Gasteiger partial charge in [-0.05, 0) is 29.0 Å². The van der Waals surface area contributed by atoms with Crippen molar-refractivity contribution in [2.75, 3.05) is 26.7 Å². The Bertz CT molecular complexity index is 330. The fourth-order valence-electron chi connectivity index (χ4n) is 1.21. The zero-order valence-electron chi connectivity index (χ0n) is 8.79. The van der Waals surface area contributed by atoms with Gasteiger partial charge in [0.15, 0.2) is 0 Å². The number of nitrogens with zero attached hydrogens (tertiary/aromatic N) is 1. The molecule has 0 bridgehead atoms.